The van der Waals surface area contributed by atoms with E-state index in [0.717, 1.165) is 19.3 Å². The predicted octanol–water partition coefficient (Wildman–Crippen LogP) is 2.98. The van der Waals surface area contributed by atoms with E-state index < -0.39 is 5.97 Å². The summed E-state index contributed by atoms with van der Waals surface area (Å²) in [5, 5.41) is 0. The lowest BCUT2D eigenvalue weighted by Crippen LogP contribution is -2.42. The van der Waals surface area contributed by atoms with Crippen molar-refractivity contribution in [3.05, 3.63) is 21.4 Å². The third kappa shape index (κ3) is 5.09. The molecule has 0 saturated carbocycles. The molecule has 0 spiro atoms. The fourth-order valence-corrected chi connectivity index (χ4v) is 4.91. The van der Waals surface area contributed by atoms with Gasteiger partial charge in [0.25, 0.3) is 5.91 Å². The Bertz CT molecular complexity index is 665. The summed E-state index contributed by atoms with van der Waals surface area (Å²) < 4.78 is 10.0. The lowest BCUT2D eigenvalue weighted by Gasteiger charge is -2.30. The predicted molar refractivity (Wildman–Crippen MR) is 102 cm³/mol. The summed E-state index contributed by atoms with van der Waals surface area (Å²) >= 11 is 1.51. The molecule has 1 fully saturated rings. The molecule has 7 heteroatoms. The molecule has 0 unspecified atom stereocenters. The standard InChI is InChI=1S/C20H27NO5S/c1-25-19(23)14-8-10-21(11-9-14)18(22)13-26-20(24)17-12-15-6-4-2-3-5-7-16(15)27-17/h12,14H,2-11,13H2,1H3. The lowest BCUT2D eigenvalue weighted by molar-refractivity contribution is -0.149. The van der Waals surface area contributed by atoms with E-state index in [0.29, 0.717) is 30.8 Å². The summed E-state index contributed by atoms with van der Waals surface area (Å²) in [7, 11) is 1.38. The molecule has 1 aromatic rings. The Kier molecular flexibility index (Phi) is 6.88. The number of hydrogen-bond donors (Lipinski definition) is 0. The zero-order chi connectivity index (χ0) is 19.2. The first-order chi connectivity index (χ1) is 13.1. The molecular weight excluding hydrogens is 366 g/mol. The Morgan fingerprint density at radius 1 is 1.11 bits per heavy atom. The van der Waals surface area contributed by atoms with Crippen LogP contribution in [0.15, 0.2) is 6.07 Å². The van der Waals surface area contributed by atoms with Crippen LogP contribution in [-0.2, 0) is 31.9 Å². The summed E-state index contributed by atoms with van der Waals surface area (Å²) in [5.74, 6) is -0.986. The highest BCUT2D eigenvalue weighted by Crippen LogP contribution is 2.29. The molecule has 27 heavy (non-hydrogen) atoms. The number of ether oxygens (including phenoxy) is 2. The van der Waals surface area contributed by atoms with Gasteiger partial charge in [-0.1, -0.05) is 12.8 Å². The summed E-state index contributed by atoms with van der Waals surface area (Å²) in [6.45, 7) is 0.733. The van der Waals surface area contributed by atoms with Crippen LogP contribution in [0.25, 0.3) is 0 Å². The van der Waals surface area contributed by atoms with E-state index >= 15 is 0 Å². The van der Waals surface area contributed by atoms with E-state index in [-0.39, 0.29) is 24.4 Å². The smallest absolute Gasteiger partial charge is 0.348 e. The fourth-order valence-electron chi connectivity index (χ4n) is 3.77. The average Bonchev–Trinajstić information content (AvgIpc) is 3.07. The van der Waals surface area contributed by atoms with E-state index in [2.05, 4.69) is 0 Å². The van der Waals surface area contributed by atoms with Crippen molar-refractivity contribution in [2.24, 2.45) is 5.92 Å². The summed E-state index contributed by atoms with van der Waals surface area (Å²) in [6, 6.07) is 1.94. The molecule has 148 valence electrons. The molecule has 0 aromatic carbocycles. The molecule has 1 aromatic heterocycles. The number of carbonyl (C=O) groups excluding carboxylic acids is 3. The van der Waals surface area contributed by atoms with E-state index in [9.17, 15) is 14.4 Å². The van der Waals surface area contributed by atoms with Gasteiger partial charge in [0.1, 0.15) is 4.88 Å². The Labute approximate surface area is 163 Å². The number of amides is 1. The van der Waals surface area contributed by atoms with Crippen molar-refractivity contribution in [2.75, 3.05) is 26.8 Å². The van der Waals surface area contributed by atoms with Crippen LogP contribution in [0.2, 0.25) is 0 Å². The van der Waals surface area contributed by atoms with Gasteiger partial charge in [0.2, 0.25) is 0 Å². The van der Waals surface area contributed by atoms with Crippen LogP contribution in [0.4, 0.5) is 0 Å². The maximum atomic E-state index is 12.4. The molecule has 2 aliphatic rings. The van der Waals surface area contributed by atoms with Gasteiger partial charge in [0.05, 0.1) is 13.0 Å². The van der Waals surface area contributed by atoms with Crippen molar-refractivity contribution in [2.45, 2.75) is 51.4 Å². The Morgan fingerprint density at radius 3 is 2.52 bits per heavy atom. The first-order valence-corrected chi connectivity index (χ1v) is 10.5. The van der Waals surface area contributed by atoms with Gasteiger partial charge in [-0.15, -0.1) is 11.3 Å². The van der Waals surface area contributed by atoms with Crippen LogP contribution in [0.3, 0.4) is 0 Å². The van der Waals surface area contributed by atoms with Gasteiger partial charge in [-0.3, -0.25) is 9.59 Å². The lowest BCUT2D eigenvalue weighted by atomic mass is 9.97. The van der Waals surface area contributed by atoms with E-state index in [4.69, 9.17) is 9.47 Å². The van der Waals surface area contributed by atoms with Crippen LogP contribution in [-0.4, -0.2) is 49.6 Å². The quantitative estimate of drug-likeness (QED) is 0.736. The molecule has 2 heterocycles. The van der Waals surface area contributed by atoms with Gasteiger partial charge in [0, 0.05) is 18.0 Å². The van der Waals surface area contributed by atoms with Crippen molar-refractivity contribution in [3.8, 4) is 0 Å². The normalized spacial score (nSPS) is 18.2. The highest BCUT2D eigenvalue weighted by atomic mass is 32.1. The summed E-state index contributed by atoms with van der Waals surface area (Å²) in [6.07, 6.45) is 8.05. The number of fused-ring (bicyclic) bond motifs is 1. The maximum absolute atomic E-state index is 12.4. The largest absolute Gasteiger partial charge is 0.469 e. The van der Waals surface area contributed by atoms with Crippen LogP contribution in [0.1, 0.15) is 58.6 Å². The molecule has 1 aliphatic carbocycles. The van der Waals surface area contributed by atoms with Gasteiger partial charge in [0.15, 0.2) is 6.61 Å². The Morgan fingerprint density at radius 2 is 1.81 bits per heavy atom. The fraction of sp³-hybridized carbons (Fsp3) is 0.650. The van der Waals surface area contributed by atoms with E-state index in [1.54, 1.807) is 4.90 Å². The van der Waals surface area contributed by atoms with Gasteiger partial charge in [-0.05, 0) is 50.2 Å². The second kappa shape index (κ2) is 9.35. The number of nitrogens with zero attached hydrogens (tertiary/aromatic N) is 1. The molecule has 0 bridgehead atoms. The maximum Gasteiger partial charge on any atom is 0.348 e. The third-order valence-corrected chi connectivity index (χ3v) is 6.62. The van der Waals surface area contributed by atoms with Crippen LogP contribution < -0.4 is 0 Å². The molecule has 6 nitrogen and oxygen atoms in total. The number of carbonyl (C=O) groups is 3. The van der Waals surface area contributed by atoms with Crippen molar-refractivity contribution < 1.29 is 23.9 Å². The van der Waals surface area contributed by atoms with Gasteiger partial charge in [-0.25, -0.2) is 4.79 Å². The van der Waals surface area contributed by atoms with E-state index in [1.165, 1.54) is 48.1 Å². The molecule has 3 rings (SSSR count). The van der Waals surface area contributed by atoms with Gasteiger partial charge < -0.3 is 14.4 Å². The second-order valence-corrected chi connectivity index (χ2v) is 8.36. The number of methoxy groups -OCH3 is 1. The van der Waals surface area contributed by atoms with Crippen molar-refractivity contribution in [1.82, 2.24) is 4.90 Å². The molecule has 1 saturated heterocycles. The number of rotatable bonds is 4. The molecule has 1 aliphatic heterocycles. The van der Waals surface area contributed by atoms with E-state index in [1.807, 2.05) is 6.07 Å². The van der Waals surface area contributed by atoms with Gasteiger partial charge >= 0.3 is 11.9 Å². The monoisotopic (exact) mass is 393 g/mol. The first kappa shape index (κ1) is 19.9. The van der Waals surface area contributed by atoms with Crippen molar-refractivity contribution >= 4 is 29.2 Å². The Balaban J connectivity index is 1.48. The molecule has 0 radical (unpaired) electrons. The topological polar surface area (TPSA) is 72.9 Å². The second-order valence-electron chi connectivity index (χ2n) is 7.23. The van der Waals surface area contributed by atoms with Crippen LogP contribution >= 0.6 is 11.3 Å². The third-order valence-electron chi connectivity index (χ3n) is 5.41. The summed E-state index contributed by atoms with van der Waals surface area (Å²) in [5.41, 5.74) is 1.27. The van der Waals surface area contributed by atoms with Crippen LogP contribution in [0.5, 0.6) is 0 Å². The zero-order valence-corrected chi connectivity index (χ0v) is 16.6. The minimum absolute atomic E-state index is 0.146. The molecule has 0 atom stereocenters. The minimum Gasteiger partial charge on any atom is -0.469 e. The zero-order valence-electron chi connectivity index (χ0n) is 15.8. The summed E-state index contributed by atoms with van der Waals surface area (Å²) in [4.78, 5) is 39.7. The minimum atomic E-state index is -0.412. The number of piperidine rings is 1. The number of thiophene rings is 1. The van der Waals surface area contributed by atoms with Crippen molar-refractivity contribution in [3.63, 3.8) is 0 Å². The highest BCUT2D eigenvalue weighted by molar-refractivity contribution is 7.14. The first-order valence-electron chi connectivity index (χ1n) is 9.73. The molecule has 1 amide bonds. The number of aryl methyl sites for hydroxylation is 2. The number of likely N-dealkylation sites (tertiary alicyclic amines) is 1. The molecular formula is C20H27NO5S. The number of esters is 2. The molecule has 0 N–H and O–H groups in total. The number of hydrogen-bond acceptors (Lipinski definition) is 6. The Hall–Kier alpha value is -1.89. The average molecular weight is 394 g/mol. The van der Waals surface area contributed by atoms with Crippen LogP contribution in [0, 0.1) is 5.92 Å². The highest BCUT2D eigenvalue weighted by Gasteiger charge is 2.28. The van der Waals surface area contributed by atoms with Crippen molar-refractivity contribution in [1.29, 1.82) is 0 Å². The van der Waals surface area contributed by atoms with Gasteiger partial charge in [-0.2, -0.15) is 0 Å². The SMILES string of the molecule is COC(=O)C1CCN(C(=O)COC(=O)c2cc3c(s2)CCCCCC3)CC1.